The van der Waals surface area contributed by atoms with E-state index in [1.165, 1.54) is 11.1 Å². The number of benzene rings is 2. The quantitative estimate of drug-likeness (QED) is 0.498. The summed E-state index contributed by atoms with van der Waals surface area (Å²) in [5.41, 5.74) is 5.47. The van der Waals surface area contributed by atoms with E-state index in [1.807, 2.05) is 24.3 Å². The van der Waals surface area contributed by atoms with E-state index in [0.717, 1.165) is 41.4 Å². The van der Waals surface area contributed by atoms with Crippen molar-refractivity contribution in [1.82, 2.24) is 0 Å². The number of carbonyl (C=O) groups is 1. The Morgan fingerprint density at radius 1 is 1.10 bits per heavy atom. The van der Waals surface area contributed by atoms with Crippen molar-refractivity contribution in [3.63, 3.8) is 0 Å². The molecule has 0 amide bonds. The summed E-state index contributed by atoms with van der Waals surface area (Å²) in [5, 5.41) is 8.92. The zero-order valence-electron chi connectivity index (χ0n) is 17.9. The molecule has 0 unspecified atom stereocenters. The lowest BCUT2D eigenvalue weighted by atomic mass is 9.62. The summed E-state index contributed by atoms with van der Waals surface area (Å²) in [7, 11) is 1.63. The molecule has 3 rings (SSSR count). The predicted molar refractivity (Wildman–Crippen MR) is 116 cm³/mol. The first kappa shape index (κ1) is 21.1. The standard InChI is InChI=1S/C25H30O4/c1-24(2)13-14-25(3,4)22-20(24)11-10-19(23(22)29-16-28-5)18-8-6-7-17(15-18)9-12-21(26)27/h6-12,15H,13-14,16H2,1-5H3,(H,26,27). The maximum absolute atomic E-state index is 10.9. The van der Waals surface area contributed by atoms with Crippen molar-refractivity contribution >= 4 is 12.0 Å². The molecule has 1 aliphatic rings. The summed E-state index contributed by atoms with van der Waals surface area (Å²) in [5.74, 6) is -0.0984. The lowest BCUT2D eigenvalue weighted by molar-refractivity contribution is -0.131. The van der Waals surface area contributed by atoms with Crippen LogP contribution in [0.5, 0.6) is 5.75 Å². The minimum absolute atomic E-state index is 0.00917. The van der Waals surface area contributed by atoms with Crippen molar-refractivity contribution in [3.05, 3.63) is 59.2 Å². The van der Waals surface area contributed by atoms with E-state index < -0.39 is 5.97 Å². The smallest absolute Gasteiger partial charge is 0.328 e. The zero-order valence-corrected chi connectivity index (χ0v) is 17.9. The van der Waals surface area contributed by atoms with E-state index in [-0.39, 0.29) is 17.6 Å². The third-order valence-corrected chi connectivity index (χ3v) is 5.88. The summed E-state index contributed by atoms with van der Waals surface area (Å²) in [6, 6.07) is 12.2. The number of hydrogen-bond donors (Lipinski definition) is 1. The van der Waals surface area contributed by atoms with Crippen LogP contribution >= 0.6 is 0 Å². The first-order valence-corrected chi connectivity index (χ1v) is 9.97. The van der Waals surface area contributed by atoms with Crippen LogP contribution in [0.15, 0.2) is 42.5 Å². The number of carboxylic acids is 1. The van der Waals surface area contributed by atoms with E-state index in [1.54, 1.807) is 13.2 Å². The highest BCUT2D eigenvalue weighted by atomic mass is 16.7. The lowest BCUT2D eigenvalue weighted by Gasteiger charge is -2.43. The number of ether oxygens (including phenoxy) is 2. The van der Waals surface area contributed by atoms with Gasteiger partial charge in [-0.25, -0.2) is 4.79 Å². The number of methoxy groups -OCH3 is 1. The van der Waals surface area contributed by atoms with Gasteiger partial charge in [-0.1, -0.05) is 58.0 Å². The molecule has 0 spiro atoms. The monoisotopic (exact) mass is 394 g/mol. The third kappa shape index (κ3) is 4.38. The highest BCUT2D eigenvalue weighted by Crippen LogP contribution is 2.52. The summed E-state index contributed by atoms with van der Waals surface area (Å²) in [6.45, 7) is 9.31. The van der Waals surface area contributed by atoms with Crippen LogP contribution in [-0.2, 0) is 20.4 Å². The largest absolute Gasteiger partial charge is 0.478 e. The number of rotatable bonds is 6. The number of aliphatic carboxylic acids is 1. The molecular formula is C25H30O4. The fraction of sp³-hybridized carbons (Fsp3) is 0.400. The second kappa shape index (κ2) is 8.03. The molecular weight excluding hydrogens is 364 g/mol. The lowest BCUT2D eigenvalue weighted by Crippen LogP contribution is -2.34. The van der Waals surface area contributed by atoms with Gasteiger partial charge >= 0.3 is 5.97 Å². The van der Waals surface area contributed by atoms with Gasteiger partial charge in [-0.2, -0.15) is 0 Å². The van der Waals surface area contributed by atoms with E-state index in [4.69, 9.17) is 14.6 Å². The Bertz CT molecular complexity index is 938. The first-order chi connectivity index (χ1) is 13.7. The molecule has 29 heavy (non-hydrogen) atoms. The minimum Gasteiger partial charge on any atom is -0.478 e. The summed E-state index contributed by atoms with van der Waals surface area (Å²) in [4.78, 5) is 10.9. The molecule has 0 saturated heterocycles. The van der Waals surface area contributed by atoms with Crippen molar-refractivity contribution in [3.8, 4) is 16.9 Å². The first-order valence-electron chi connectivity index (χ1n) is 9.97. The van der Waals surface area contributed by atoms with Crippen LogP contribution < -0.4 is 4.74 Å². The molecule has 0 bridgehead atoms. The van der Waals surface area contributed by atoms with Crippen LogP contribution in [0.3, 0.4) is 0 Å². The van der Waals surface area contributed by atoms with Crippen LogP contribution in [0.2, 0.25) is 0 Å². The number of hydrogen-bond acceptors (Lipinski definition) is 3. The van der Waals surface area contributed by atoms with E-state index in [9.17, 15) is 4.79 Å². The second-order valence-corrected chi connectivity index (χ2v) is 8.98. The van der Waals surface area contributed by atoms with Crippen LogP contribution in [0.4, 0.5) is 0 Å². The molecule has 154 valence electrons. The van der Waals surface area contributed by atoms with Crippen LogP contribution in [-0.4, -0.2) is 25.0 Å². The number of carboxylic acid groups (broad SMARTS) is 1. The number of fused-ring (bicyclic) bond motifs is 1. The molecule has 0 radical (unpaired) electrons. The fourth-order valence-corrected chi connectivity index (χ4v) is 4.18. The van der Waals surface area contributed by atoms with Gasteiger partial charge in [0, 0.05) is 24.3 Å². The van der Waals surface area contributed by atoms with Gasteiger partial charge in [-0.05, 0) is 52.5 Å². The maximum Gasteiger partial charge on any atom is 0.328 e. The minimum atomic E-state index is -0.961. The van der Waals surface area contributed by atoms with Gasteiger partial charge in [0.2, 0.25) is 0 Å². The molecule has 0 heterocycles. The normalized spacial score (nSPS) is 17.1. The maximum atomic E-state index is 10.9. The third-order valence-electron chi connectivity index (χ3n) is 5.88. The summed E-state index contributed by atoms with van der Waals surface area (Å²) < 4.78 is 11.4. The Labute approximate surface area is 173 Å². The van der Waals surface area contributed by atoms with Crippen LogP contribution in [0.25, 0.3) is 17.2 Å². The molecule has 0 atom stereocenters. The van der Waals surface area contributed by atoms with Crippen LogP contribution in [0, 0.1) is 0 Å². The topological polar surface area (TPSA) is 55.8 Å². The van der Waals surface area contributed by atoms with Crippen molar-refractivity contribution in [2.24, 2.45) is 0 Å². The molecule has 1 aliphatic carbocycles. The fourth-order valence-electron chi connectivity index (χ4n) is 4.18. The van der Waals surface area contributed by atoms with E-state index >= 15 is 0 Å². The van der Waals surface area contributed by atoms with Gasteiger partial charge in [-0.3, -0.25) is 0 Å². The Hall–Kier alpha value is -2.59. The van der Waals surface area contributed by atoms with Crippen LogP contribution in [0.1, 0.15) is 57.2 Å². The molecule has 1 N–H and O–H groups in total. The van der Waals surface area contributed by atoms with Gasteiger partial charge in [0.1, 0.15) is 5.75 Å². The Morgan fingerprint density at radius 2 is 1.83 bits per heavy atom. The van der Waals surface area contributed by atoms with E-state index in [2.05, 4.69) is 39.8 Å². The Morgan fingerprint density at radius 3 is 2.52 bits per heavy atom. The molecule has 0 saturated carbocycles. The highest BCUT2D eigenvalue weighted by molar-refractivity contribution is 5.86. The molecule has 4 nitrogen and oxygen atoms in total. The predicted octanol–water partition coefficient (Wildman–Crippen LogP) is 5.78. The molecule has 0 fully saturated rings. The highest BCUT2D eigenvalue weighted by Gasteiger charge is 2.40. The van der Waals surface area contributed by atoms with Gasteiger partial charge in [0.05, 0.1) is 0 Å². The molecule has 4 heteroatoms. The second-order valence-electron chi connectivity index (χ2n) is 8.98. The van der Waals surface area contributed by atoms with E-state index in [0.29, 0.717) is 0 Å². The average Bonchev–Trinajstić information content (AvgIpc) is 2.68. The van der Waals surface area contributed by atoms with Gasteiger partial charge in [0.25, 0.3) is 0 Å². The average molecular weight is 395 g/mol. The molecule has 0 aromatic heterocycles. The van der Waals surface area contributed by atoms with Gasteiger partial charge < -0.3 is 14.6 Å². The summed E-state index contributed by atoms with van der Waals surface area (Å²) in [6.07, 6.45) is 4.97. The Balaban J connectivity index is 2.20. The summed E-state index contributed by atoms with van der Waals surface area (Å²) >= 11 is 0. The van der Waals surface area contributed by atoms with Gasteiger partial charge in [0.15, 0.2) is 6.79 Å². The SMILES string of the molecule is COCOc1c(-c2cccc(C=CC(=O)O)c2)ccc2c1C(C)(C)CCC2(C)C. The van der Waals surface area contributed by atoms with Crippen molar-refractivity contribution < 1.29 is 19.4 Å². The van der Waals surface area contributed by atoms with Gasteiger partial charge in [-0.15, -0.1) is 0 Å². The zero-order chi connectivity index (χ0) is 21.2. The van der Waals surface area contributed by atoms with Crippen molar-refractivity contribution in [2.75, 3.05) is 13.9 Å². The molecule has 2 aromatic rings. The molecule has 0 aliphatic heterocycles. The van der Waals surface area contributed by atoms with Crippen molar-refractivity contribution in [2.45, 2.75) is 51.4 Å². The Kier molecular flexibility index (Phi) is 5.85. The molecule has 2 aromatic carbocycles. The van der Waals surface area contributed by atoms with Crippen molar-refractivity contribution in [1.29, 1.82) is 0 Å².